The van der Waals surface area contributed by atoms with Gasteiger partial charge in [-0.25, -0.2) is 9.50 Å². The Bertz CT molecular complexity index is 1020. The van der Waals surface area contributed by atoms with Gasteiger partial charge in [0.15, 0.2) is 22.8 Å². The highest BCUT2D eigenvalue weighted by Crippen LogP contribution is 2.34. The molecule has 0 N–H and O–H groups in total. The van der Waals surface area contributed by atoms with Crippen molar-refractivity contribution in [2.45, 2.75) is 6.18 Å². The Balaban J connectivity index is 1.84. The third-order valence-electron chi connectivity index (χ3n) is 4.59. The molecule has 4 rings (SSSR count). The summed E-state index contributed by atoms with van der Waals surface area (Å²) < 4.78 is 46.6. The van der Waals surface area contributed by atoms with Gasteiger partial charge in [0.05, 0.1) is 6.26 Å². The topological polar surface area (TPSA) is 66.9 Å². The lowest BCUT2D eigenvalue weighted by Crippen LogP contribution is -2.47. The molecule has 1 aliphatic heterocycles. The molecular formula is C17H15ClF3N5O2. The van der Waals surface area contributed by atoms with Crippen LogP contribution in [0.4, 0.5) is 13.2 Å². The zero-order valence-corrected chi connectivity index (χ0v) is 15.5. The van der Waals surface area contributed by atoms with Crippen molar-refractivity contribution in [3.63, 3.8) is 0 Å². The van der Waals surface area contributed by atoms with Gasteiger partial charge in [-0.1, -0.05) is 11.6 Å². The van der Waals surface area contributed by atoms with Crippen LogP contribution in [0, 0.1) is 0 Å². The fourth-order valence-electron chi connectivity index (χ4n) is 3.04. The molecule has 0 spiro atoms. The van der Waals surface area contributed by atoms with E-state index in [1.165, 1.54) is 23.3 Å². The van der Waals surface area contributed by atoms with E-state index >= 15 is 0 Å². The lowest BCUT2D eigenvalue weighted by Gasteiger charge is -2.31. The van der Waals surface area contributed by atoms with Gasteiger partial charge in [0, 0.05) is 26.2 Å². The van der Waals surface area contributed by atoms with E-state index in [1.54, 1.807) is 0 Å². The number of carbonyl (C=O) groups is 1. The van der Waals surface area contributed by atoms with Crippen molar-refractivity contribution in [3.8, 4) is 11.5 Å². The third kappa shape index (κ3) is 3.22. The van der Waals surface area contributed by atoms with Crippen LogP contribution in [0.2, 0.25) is 5.02 Å². The molecule has 1 aliphatic rings. The van der Waals surface area contributed by atoms with E-state index in [2.05, 4.69) is 10.1 Å². The van der Waals surface area contributed by atoms with Crippen LogP contribution in [0.15, 0.2) is 28.9 Å². The van der Waals surface area contributed by atoms with Crippen molar-refractivity contribution >= 4 is 23.2 Å². The van der Waals surface area contributed by atoms with E-state index in [0.29, 0.717) is 30.7 Å². The number of nitrogens with zero attached hydrogens (tertiary/aromatic N) is 5. The van der Waals surface area contributed by atoms with Gasteiger partial charge >= 0.3 is 6.18 Å². The second-order valence-electron chi connectivity index (χ2n) is 6.50. The summed E-state index contributed by atoms with van der Waals surface area (Å²) in [6.45, 7) is 2.20. The number of alkyl halides is 3. The van der Waals surface area contributed by atoms with Crippen molar-refractivity contribution < 1.29 is 22.4 Å². The first-order valence-electron chi connectivity index (χ1n) is 8.44. The minimum absolute atomic E-state index is 0.0507. The molecule has 4 heterocycles. The van der Waals surface area contributed by atoms with Crippen LogP contribution in [-0.4, -0.2) is 63.5 Å². The number of furan rings is 1. The van der Waals surface area contributed by atoms with Crippen LogP contribution in [0.5, 0.6) is 0 Å². The van der Waals surface area contributed by atoms with Gasteiger partial charge in [-0.3, -0.25) is 4.79 Å². The normalized spacial score (nSPS) is 16.1. The molecule has 0 bridgehead atoms. The number of piperazine rings is 1. The zero-order chi connectivity index (χ0) is 20.1. The number of fused-ring (bicyclic) bond motifs is 1. The number of halogens is 4. The quantitative estimate of drug-likeness (QED) is 0.646. The Hall–Kier alpha value is -2.59. The fourth-order valence-corrected chi connectivity index (χ4v) is 3.28. The Morgan fingerprint density at radius 2 is 1.96 bits per heavy atom. The van der Waals surface area contributed by atoms with E-state index in [4.69, 9.17) is 16.0 Å². The molecule has 1 fully saturated rings. The molecule has 0 aliphatic carbocycles. The molecular weight excluding hydrogens is 399 g/mol. The smallest absolute Gasteiger partial charge is 0.433 e. The second kappa shape index (κ2) is 6.78. The summed E-state index contributed by atoms with van der Waals surface area (Å²) in [6, 6.07) is 3.84. The monoisotopic (exact) mass is 413 g/mol. The largest absolute Gasteiger partial charge is 0.463 e. The highest BCUT2D eigenvalue weighted by atomic mass is 35.5. The first kappa shape index (κ1) is 18.8. The van der Waals surface area contributed by atoms with Crippen LogP contribution in [0.25, 0.3) is 17.1 Å². The maximum absolute atomic E-state index is 13.6. The summed E-state index contributed by atoms with van der Waals surface area (Å²) >= 11 is 6.25. The second-order valence-corrected chi connectivity index (χ2v) is 6.87. The van der Waals surface area contributed by atoms with E-state index in [0.717, 1.165) is 6.07 Å². The lowest BCUT2D eigenvalue weighted by atomic mass is 10.2. The molecule has 11 heteroatoms. The van der Waals surface area contributed by atoms with E-state index in [9.17, 15) is 18.0 Å². The summed E-state index contributed by atoms with van der Waals surface area (Å²) in [4.78, 5) is 20.5. The predicted octanol–water partition coefficient (Wildman–Crippen LogP) is 3.05. The van der Waals surface area contributed by atoms with Crippen molar-refractivity contribution in [1.82, 2.24) is 24.4 Å². The van der Waals surface area contributed by atoms with Crippen LogP contribution < -0.4 is 0 Å². The Labute approximate surface area is 162 Å². The number of amides is 1. The van der Waals surface area contributed by atoms with Gasteiger partial charge in [0.2, 0.25) is 0 Å². The number of rotatable bonds is 2. The van der Waals surface area contributed by atoms with E-state index < -0.39 is 17.8 Å². The summed E-state index contributed by atoms with van der Waals surface area (Å²) in [5, 5.41) is 3.64. The maximum atomic E-state index is 13.6. The maximum Gasteiger partial charge on any atom is 0.433 e. The van der Waals surface area contributed by atoms with Gasteiger partial charge in [-0.15, -0.1) is 0 Å². The van der Waals surface area contributed by atoms with Crippen LogP contribution >= 0.6 is 11.6 Å². The standard InChI is InChI=1S/C17H15ClF3N5O2/c1-24-4-6-25(7-5-24)16(27)14-13(18)15-22-10(11-3-2-8-28-11)9-12(17(19,20)21)26(15)23-14/h2-3,8-9H,4-7H2,1H3. The van der Waals surface area contributed by atoms with Crippen LogP contribution in [0.1, 0.15) is 16.2 Å². The van der Waals surface area contributed by atoms with E-state index in [-0.39, 0.29) is 27.8 Å². The van der Waals surface area contributed by atoms with Crippen molar-refractivity contribution in [3.05, 3.63) is 40.9 Å². The summed E-state index contributed by atoms with van der Waals surface area (Å²) in [5.41, 5.74) is -1.64. The average Bonchev–Trinajstić information content (AvgIpc) is 3.29. The molecule has 1 amide bonds. The molecule has 3 aromatic rings. The predicted molar refractivity (Wildman–Crippen MR) is 94.1 cm³/mol. The minimum Gasteiger partial charge on any atom is -0.463 e. The Morgan fingerprint density at radius 1 is 1.25 bits per heavy atom. The van der Waals surface area contributed by atoms with Gasteiger partial charge in [-0.2, -0.15) is 18.3 Å². The van der Waals surface area contributed by atoms with Crippen LogP contribution in [-0.2, 0) is 6.18 Å². The summed E-state index contributed by atoms with van der Waals surface area (Å²) in [7, 11) is 1.93. The lowest BCUT2D eigenvalue weighted by molar-refractivity contribution is -0.142. The molecule has 0 atom stereocenters. The zero-order valence-electron chi connectivity index (χ0n) is 14.7. The first-order valence-corrected chi connectivity index (χ1v) is 8.81. The first-order chi connectivity index (χ1) is 13.3. The third-order valence-corrected chi connectivity index (χ3v) is 4.94. The highest BCUT2D eigenvalue weighted by molar-refractivity contribution is 6.36. The molecule has 7 nitrogen and oxygen atoms in total. The highest BCUT2D eigenvalue weighted by Gasteiger charge is 2.37. The number of hydrogen-bond donors (Lipinski definition) is 0. The van der Waals surface area contributed by atoms with Crippen molar-refractivity contribution in [2.24, 2.45) is 0 Å². The van der Waals surface area contributed by atoms with Gasteiger partial charge in [0.25, 0.3) is 5.91 Å². The van der Waals surface area contributed by atoms with Crippen molar-refractivity contribution in [2.75, 3.05) is 33.2 Å². The molecule has 1 saturated heterocycles. The molecule has 0 unspecified atom stereocenters. The number of aromatic nitrogens is 3. The minimum atomic E-state index is -4.73. The van der Waals surface area contributed by atoms with Crippen LogP contribution in [0.3, 0.4) is 0 Å². The SMILES string of the molecule is CN1CCN(C(=O)c2nn3c(C(F)(F)F)cc(-c4ccco4)nc3c2Cl)CC1. The molecule has 0 saturated carbocycles. The Morgan fingerprint density at radius 3 is 2.57 bits per heavy atom. The summed E-state index contributed by atoms with van der Waals surface area (Å²) in [6.07, 6.45) is -3.40. The molecule has 0 aromatic carbocycles. The molecule has 148 valence electrons. The fraction of sp³-hybridized carbons (Fsp3) is 0.353. The molecule has 0 radical (unpaired) electrons. The van der Waals surface area contributed by atoms with Gasteiger partial charge in [0.1, 0.15) is 10.7 Å². The van der Waals surface area contributed by atoms with Gasteiger partial charge in [-0.05, 0) is 25.2 Å². The summed E-state index contributed by atoms with van der Waals surface area (Å²) in [5.74, 6) is -0.367. The number of likely N-dealkylation sites (N-methyl/N-ethyl adjacent to an activating group) is 1. The average molecular weight is 414 g/mol. The Kier molecular flexibility index (Phi) is 4.54. The number of hydrogen-bond acceptors (Lipinski definition) is 5. The number of carbonyl (C=O) groups excluding carboxylic acids is 1. The molecule has 28 heavy (non-hydrogen) atoms. The van der Waals surface area contributed by atoms with Crippen molar-refractivity contribution in [1.29, 1.82) is 0 Å². The van der Waals surface area contributed by atoms with E-state index in [1.807, 2.05) is 11.9 Å². The molecule has 3 aromatic heterocycles. The van der Waals surface area contributed by atoms with Gasteiger partial charge < -0.3 is 14.2 Å².